The van der Waals surface area contributed by atoms with Gasteiger partial charge in [-0.1, -0.05) is 0 Å². The maximum Gasteiger partial charge on any atom is 0.416 e. The van der Waals surface area contributed by atoms with Crippen molar-refractivity contribution >= 4 is 11.4 Å². The number of amides is 1. The van der Waals surface area contributed by atoms with Crippen LogP contribution in [-0.4, -0.2) is 47.1 Å². The molecule has 172 valence electrons. The summed E-state index contributed by atoms with van der Waals surface area (Å²) in [6.45, 7) is 2.66. The summed E-state index contributed by atoms with van der Waals surface area (Å²) in [7, 11) is 0. The zero-order valence-electron chi connectivity index (χ0n) is 17.4. The van der Waals surface area contributed by atoms with Gasteiger partial charge in [-0.05, 0) is 32.0 Å². The van der Waals surface area contributed by atoms with Crippen molar-refractivity contribution in [2.45, 2.75) is 38.2 Å². The molecular weight excluding hydrogens is 446 g/mol. The molecular formula is C20H17F4N7O2. The van der Waals surface area contributed by atoms with Gasteiger partial charge in [0.05, 0.1) is 28.8 Å². The number of nitrogens with zero attached hydrogens (tertiary/aromatic N) is 6. The molecule has 5 rings (SSSR count). The first-order valence-corrected chi connectivity index (χ1v) is 9.95. The van der Waals surface area contributed by atoms with Gasteiger partial charge in [0.1, 0.15) is 6.04 Å². The molecule has 5 heterocycles. The van der Waals surface area contributed by atoms with E-state index in [2.05, 4.69) is 25.3 Å². The quantitative estimate of drug-likeness (QED) is 0.467. The van der Waals surface area contributed by atoms with Crippen LogP contribution in [-0.2, 0) is 18.3 Å². The molecule has 4 aromatic rings. The van der Waals surface area contributed by atoms with Crippen LogP contribution in [0.25, 0.3) is 5.52 Å². The Bertz CT molecular complexity index is 1350. The predicted octanol–water partition coefficient (Wildman–Crippen LogP) is 3.45. The number of halogens is 4. The molecule has 0 radical (unpaired) electrons. The molecule has 13 heteroatoms. The highest BCUT2D eigenvalue weighted by molar-refractivity contribution is 5.90. The molecule has 1 unspecified atom stereocenters. The Labute approximate surface area is 183 Å². The summed E-state index contributed by atoms with van der Waals surface area (Å²) in [6, 6.07) is 2.54. The van der Waals surface area contributed by atoms with Crippen LogP contribution in [0.1, 0.15) is 59.1 Å². The average molecular weight is 463 g/mol. The Balaban J connectivity index is 1.57. The number of imidazole rings is 1. The number of hydrogen-bond acceptors (Lipinski definition) is 6. The zero-order valence-corrected chi connectivity index (χ0v) is 17.4. The van der Waals surface area contributed by atoms with E-state index in [1.165, 1.54) is 41.9 Å². The molecule has 1 aliphatic rings. The second kappa shape index (κ2) is 7.12. The largest absolute Gasteiger partial charge is 0.416 e. The van der Waals surface area contributed by atoms with E-state index in [1.54, 1.807) is 0 Å². The maximum absolute atomic E-state index is 14.1. The third kappa shape index (κ3) is 3.62. The fourth-order valence-corrected chi connectivity index (χ4v) is 3.79. The highest BCUT2D eigenvalue weighted by atomic mass is 19.4. The Morgan fingerprint density at radius 2 is 2.00 bits per heavy atom. The van der Waals surface area contributed by atoms with E-state index in [-0.39, 0.29) is 18.0 Å². The number of carbonyl (C=O) groups is 1. The van der Waals surface area contributed by atoms with Gasteiger partial charge in [-0.3, -0.25) is 4.79 Å². The third-order valence-electron chi connectivity index (χ3n) is 5.39. The van der Waals surface area contributed by atoms with Crippen molar-refractivity contribution in [3.8, 4) is 0 Å². The van der Waals surface area contributed by atoms with E-state index < -0.39 is 35.2 Å². The van der Waals surface area contributed by atoms with Crippen LogP contribution in [0.4, 0.5) is 17.6 Å². The van der Waals surface area contributed by atoms with Crippen molar-refractivity contribution < 1.29 is 26.8 Å². The first kappa shape index (κ1) is 21.1. The molecule has 0 bridgehead atoms. The number of aromatic nitrogens is 6. The van der Waals surface area contributed by atoms with Gasteiger partial charge in [0.25, 0.3) is 5.89 Å². The Morgan fingerprint density at radius 3 is 2.70 bits per heavy atom. The van der Waals surface area contributed by atoms with Gasteiger partial charge in [0.15, 0.2) is 5.67 Å². The lowest BCUT2D eigenvalue weighted by atomic mass is 9.99. The van der Waals surface area contributed by atoms with Gasteiger partial charge in [-0.25, -0.2) is 13.9 Å². The minimum Gasteiger partial charge on any atom is -0.413 e. The number of carbonyl (C=O) groups excluding carboxylic acids is 1. The maximum atomic E-state index is 14.1. The van der Waals surface area contributed by atoms with E-state index >= 15 is 0 Å². The number of hydrogen-bond donors (Lipinski definition) is 1. The number of aromatic amines is 1. The monoisotopic (exact) mass is 463 g/mol. The van der Waals surface area contributed by atoms with Gasteiger partial charge < -0.3 is 14.3 Å². The number of alkyl halides is 4. The van der Waals surface area contributed by atoms with Crippen LogP contribution in [0.5, 0.6) is 0 Å². The summed E-state index contributed by atoms with van der Waals surface area (Å²) in [6.07, 6.45) is -1.39. The highest BCUT2D eigenvalue weighted by Gasteiger charge is 2.39. The molecule has 1 atom stereocenters. The van der Waals surface area contributed by atoms with Crippen molar-refractivity contribution in [1.29, 1.82) is 0 Å². The fraction of sp³-hybridized carbons (Fsp3) is 0.350. The van der Waals surface area contributed by atoms with Crippen molar-refractivity contribution in [2.24, 2.45) is 0 Å². The number of pyridine rings is 1. The lowest BCUT2D eigenvalue weighted by molar-refractivity contribution is -0.137. The van der Waals surface area contributed by atoms with Crippen LogP contribution >= 0.6 is 0 Å². The summed E-state index contributed by atoms with van der Waals surface area (Å²) in [4.78, 5) is 21.9. The normalized spacial score (nSPS) is 16.9. The van der Waals surface area contributed by atoms with Crippen LogP contribution in [0.2, 0.25) is 0 Å². The molecule has 1 amide bonds. The van der Waals surface area contributed by atoms with Crippen LogP contribution in [0.3, 0.4) is 0 Å². The van der Waals surface area contributed by atoms with Crippen molar-refractivity contribution in [3.05, 3.63) is 65.1 Å². The number of rotatable bonds is 3. The topological polar surface area (TPSA) is 105 Å². The lowest BCUT2D eigenvalue weighted by Crippen LogP contribution is -2.41. The van der Waals surface area contributed by atoms with E-state index in [1.807, 2.05) is 0 Å². The van der Waals surface area contributed by atoms with Crippen LogP contribution in [0.15, 0.2) is 35.1 Å². The molecule has 9 nitrogen and oxygen atoms in total. The summed E-state index contributed by atoms with van der Waals surface area (Å²) >= 11 is 0. The van der Waals surface area contributed by atoms with Crippen molar-refractivity contribution in [2.75, 3.05) is 6.54 Å². The molecule has 0 spiro atoms. The third-order valence-corrected chi connectivity index (χ3v) is 5.39. The molecule has 1 aliphatic heterocycles. The lowest BCUT2D eigenvalue weighted by Gasteiger charge is -2.32. The molecule has 0 fully saturated rings. The first-order valence-electron chi connectivity index (χ1n) is 9.95. The predicted molar refractivity (Wildman–Crippen MR) is 104 cm³/mol. The van der Waals surface area contributed by atoms with E-state index in [0.717, 1.165) is 17.8 Å². The van der Waals surface area contributed by atoms with E-state index in [0.29, 0.717) is 17.8 Å². The van der Waals surface area contributed by atoms with Gasteiger partial charge in [0, 0.05) is 24.9 Å². The number of nitrogens with one attached hydrogen (secondary N) is 1. The zero-order chi connectivity index (χ0) is 23.5. The summed E-state index contributed by atoms with van der Waals surface area (Å²) < 4.78 is 60.1. The van der Waals surface area contributed by atoms with Gasteiger partial charge in [-0.2, -0.15) is 18.3 Å². The summed E-state index contributed by atoms with van der Waals surface area (Å²) in [5.74, 6) is -1.40. The average Bonchev–Trinajstić information content (AvgIpc) is 3.49. The van der Waals surface area contributed by atoms with Crippen molar-refractivity contribution in [3.63, 3.8) is 0 Å². The molecule has 0 saturated carbocycles. The Morgan fingerprint density at radius 1 is 1.21 bits per heavy atom. The fourth-order valence-electron chi connectivity index (χ4n) is 3.79. The SMILES string of the molecule is CC(C)(F)c1nnc(C(=O)N2CCc3[nH]cnc3C2c2cc3cc(C(F)(F)F)ccn3n2)o1. The van der Waals surface area contributed by atoms with Gasteiger partial charge in [-0.15, -0.1) is 10.2 Å². The highest BCUT2D eigenvalue weighted by Crippen LogP contribution is 2.36. The second-order valence-electron chi connectivity index (χ2n) is 8.15. The van der Waals surface area contributed by atoms with Crippen LogP contribution < -0.4 is 0 Å². The Hall–Kier alpha value is -3.77. The first-order chi connectivity index (χ1) is 15.5. The smallest absolute Gasteiger partial charge is 0.413 e. The molecule has 33 heavy (non-hydrogen) atoms. The number of H-pyrrole nitrogens is 1. The standard InChI is InChI=1S/C20H17F4N7O2/c1-19(2,21)18-28-27-16(33-18)17(32)30-5-4-12-14(26-9-25-12)15(30)13-8-11-7-10(20(22,23)24)3-6-31(11)29-13/h3,6-9,15H,4-5H2,1-2H3,(H,25,26). The Kier molecular flexibility index (Phi) is 4.55. The summed E-state index contributed by atoms with van der Waals surface area (Å²) in [5.41, 5.74) is -0.964. The molecule has 4 aromatic heterocycles. The van der Waals surface area contributed by atoms with Crippen LogP contribution in [0, 0.1) is 0 Å². The van der Waals surface area contributed by atoms with Gasteiger partial charge in [0.2, 0.25) is 0 Å². The minimum atomic E-state index is -4.51. The van der Waals surface area contributed by atoms with E-state index in [9.17, 15) is 22.4 Å². The summed E-state index contributed by atoms with van der Waals surface area (Å²) in [5, 5.41) is 11.7. The van der Waals surface area contributed by atoms with E-state index in [4.69, 9.17) is 4.42 Å². The minimum absolute atomic E-state index is 0.203. The van der Waals surface area contributed by atoms with Crippen molar-refractivity contribution in [1.82, 2.24) is 34.7 Å². The van der Waals surface area contributed by atoms with Gasteiger partial charge >= 0.3 is 18.0 Å². The molecule has 0 aliphatic carbocycles. The number of fused-ring (bicyclic) bond motifs is 2. The molecule has 0 saturated heterocycles. The molecule has 0 aromatic carbocycles. The second-order valence-corrected chi connectivity index (χ2v) is 8.15. The molecule has 1 N–H and O–H groups in total.